The summed E-state index contributed by atoms with van der Waals surface area (Å²) >= 11 is 0. The first-order chi connectivity index (χ1) is 15.9. The second kappa shape index (κ2) is 9.15. The topological polar surface area (TPSA) is 104 Å². The maximum Gasteiger partial charge on any atom is 0.417 e. The third-order valence-corrected chi connectivity index (χ3v) is 5.01. The van der Waals surface area contributed by atoms with Gasteiger partial charge in [0.25, 0.3) is 5.91 Å². The van der Waals surface area contributed by atoms with Crippen molar-refractivity contribution >= 4 is 28.5 Å². The summed E-state index contributed by atoms with van der Waals surface area (Å²) in [5, 5.41) is 22.1. The lowest BCUT2D eigenvalue weighted by molar-refractivity contribution is -0.138. The lowest BCUT2D eigenvalue weighted by Gasteiger charge is -2.24. The van der Waals surface area contributed by atoms with Gasteiger partial charge < -0.3 is 19.7 Å². The first kappa shape index (κ1) is 24.7. The zero-order valence-electron chi connectivity index (χ0n) is 18.0. The van der Waals surface area contributed by atoms with Gasteiger partial charge in [0.05, 0.1) is 35.9 Å². The molecule has 0 aliphatic carbocycles. The summed E-state index contributed by atoms with van der Waals surface area (Å²) in [5.74, 6) is -2.37. The number of nitrogens with zero attached hydrogens (tertiary/aromatic N) is 2. The highest BCUT2D eigenvalue weighted by atomic mass is 19.4. The first-order valence-electron chi connectivity index (χ1n) is 9.98. The highest BCUT2D eigenvalue weighted by molar-refractivity contribution is 6.04. The monoisotopic (exact) mass is 477 g/mol. The molecule has 0 radical (unpaired) electrons. The molecule has 11 heteroatoms. The van der Waals surface area contributed by atoms with Crippen molar-refractivity contribution < 1.29 is 37.0 Å². The average molecular weight is 477 g/mol. The number of amides is 1. The predicted molar refractivity (Wildman–Crippen MR) is 113 cm³/mol. The SMILES string of the molecule is CCOC(=O)c1cn(CC(C)(O)C(=O)Nc2ccc(C#N)c(C(F)(F)F)c2)c2ccc(F)cc12. The molecule has 0 aliphatic rings. The fraction of sp³-hybridized carbons (Fsp3) is 0.261. The molecular formula is C23H19F4N3O4. The van der Waals surface area contributed by atoms with E-state index in [9.17, 15) is 32.3 Å². The number of anilines is 1. The van der Waals surface area contributed by atoms with Gasteiger partial charge in [-0.1, -0.05) is 0 Å². The minimum absolute atomic E-state index is 0.0227. The number of carbonyl (C=O) groups excluding carboxylic acids is 2. The molecule has 2 aromatic carbocycles. The molecule has 0 fully saturated rings. The van der Waals surface area contributed by atoms with E-state index in [2.05, 4.69) is 5.32 Å². The van der Waals surface area contributed by atoms with Crippen LogP contribution in [0.5, 0.6) is 0 Å². The number of esters is 1. The Balaban J connectivity index is 1.91. The smallest absolute Gasteiger partial charge is 0.417 e. The first-order valence-corrected chi connectivity index (χ1v) is 9.98. The summed E-state index contributed by atoms with van der Waals surface area (Å²) in [7, 11) is 0. The molecule has 0 bridgehead atoms. The molecule has 178 valence electrons. The molecule has 3 rings (SSSR count). The number of aliphatic hydroxyl groups is 1. The van der Waals surface area contributed by atoms with Crippen LogP contribution in [0.15, 0.2) is 42.6 Å². The molecule has 2 N–H and O–H groups in total. The fourth-order valence-electron chi connectivity index (χ4n) is 3.39. The van der Waals surface area contributed by atoms with E-state index < -0.39 is 47.1 Å². The largest absolute Gasteiger partial charge is 0.462 e. The van der Waals surface area contributed by atoms with Crippen LogP contribution in [0.2, 0.25) is 0 Å². The van der Waals surface area contributed by atoms with E-state index in [1.807, 2.05) is 0 Å². The van der Waals surface area contributed by atoms with Crippen LogP contribution in [0.1, 0.15) is 35.3 Å². The van der Waals surface area contributed by atoms with Crippen LogP contribution >= 0.6 is 0 Å². The van der Waals surface area contributed by atoms with Crippen molar-refractivity contribution in [2.45, 2.75) is 32.2 Å². The van der Waals surface area contributed by atoms with Crippen LogP contribution in [0, 0.1) is 17.1 Å². The van der Waals surface area contributed by atoms with E-state index in [-0.39, 0.29) is 23.2 Å². The second-order valence-corrected chi connectivity index (χ2v) is 7.65. The van der Waals surface area contributed by atoms with Gasteiger partial charge >= 0.3 is 12.1 Å². The molecule has 1 amide bonds. The molecular weight excluding hydrogens is 458 g/mol. The lowest BCUT2D eigenvalue weighted by atomic mass is 10.0. The Bertz CT molecular complexity index is 1310. The summed E-state index contributed by atoms with van der Waals surface area (Å²) in [6.07, 6.45) is -3.52. The second-order valence-electron chi connectivity index (χ2n) is 7.65. The number of nitriles is 1. The number of nitrogens with one attached hydrogen (secondary N) is 1. The van der Waals surface area contributed by atoms with Crippen molar-refractivity contribution in [2.75, 3.05) is 11.9 Å². The molecule has 1 atom stereocenters. The minimum Gasteiger partial charge on any atom is -0.462 e. The van der Waals surface area contributed by atoms with Gasteiger partial charge in [-0.3, -0.25) is 4.79 Å². The van der Waals surface area contributed by atoms with Gasteiger partial charge in [-0.15, -0.1) is 0 Å². The van der Waals surface area contributed by atoms with Gasteiger partial charge in [0.2, 0.25) is 0 Å². The normalized spacial score (nSPS) is 13.2. The number of halogens is 4. The van der Waals surface area contributed by atoms with Crippen molar-refractivity contribution in [2.24, 2.45) is 0 Å². The molecule has 1 aromatic heterocycles. The van der Waals surface area contributed by atoms with E-state index in [1.54, 1.807) is 6.92 Å². The Kier molecular flexibility index (Phi) is 6.65. The van der Waals surface area contributed by atoms with Crippen molar-refractivity contribution in [1.82, 2.24) is 4.57 Å². The Morgan fingerprint density at radius 2 is 1.91 bits per heavy atom. The number of benzene rings is 2. The molecule has 0 saturated heterocycles. The maximum atomic E-state index is 13.8. The van der Waals surface area contributed by atoms with Crippen LogP contribution in [-0.2, 0) is 22.3 Å². The maximum absolute atomic E-state index is 13.8. The molecule has 1 heterocycles. The number of rotatable bonds is 6. The number of carbonyl (C=O) groups is 2. The van der Waals surface area contributed by atoms with Gasteiger partial charge in [-0.2, -0.15) is 18.4 Å². The summed E-state index contributed by atoms with van der Waals surface area (Å²) < 4.78 is 59.7. The van der Waals surface area contributed by atoms with Crippen LogP contribution in [0.25, 0.3) is 10.9 Å². The minimum atomic E-state index is -4.82. The van der Waals surface area contributed by atoms with Crippen LogP contribution < -0.4 is 5.32 Å². The van der Waals surface area contributed by atoms with Crippen molar-refractivity contribution in [3.8, 4) is 6.07 Å². The van der Waals surface area contributed by atoms with Gasteiger partial charge in [0.15, 0.2) is 5.60 Å². The van der Waals surface area contributed by atoms with Crippen molar-refractivity contribution in [1.29, 1.82) is 5.26 Å². The van der Waals surface area contributed by atoms with Gasteiger partial charge in [0, 0.05) is 22.8 Å². The number of aromatic nitrogens is 1. The van der Waals surface area contributed by atoms with E-state index in [0.717, 1.165) is 31.2 Å². The third-order valence-electron chi connectivity index (χ3n) is 5.01. The summed E-state index contributed by atoms with van der Waals surface area (Å²) in [5.41, 5.74) is -3.92. The average Bonchev–Trinajstić information content (AvgIpc) is 3.10. The molecule has 0 saturated carbocycles. The molecule has 34 heavy (non-hydrogen) atoms. The summed E-state index contributed by atoms with van der Waals surface area (Å²) in [4.78, 5) is 25.0. The lowest BCUT2D eigenvalue weighted by Crippen LogP contribution is -2.43. The zero-order chi connectivity index (χ0) is 25.3. The van der Waals surface area contributed by atoms with Gasteiger partial charge in [0.1, 0.15) is 5.82 Å². The number of hydrogen-bond acceptors (Lipinski definition) is 5. The summed E-state index contributed by atoms with van der Waals surface area (Å²) in [6.45, 7) is 2.39. The predicted octanol–water partition coefficient (Wildman–Crippen LogP) is 4.24. The molecule has 0 aliphatic heterocycles. The van der Waals surface area contributed by atoms with Gasteiger partial charge in [-0.25, -0.2) is 9.18 Å². The van der Waals surface area contributed by atoms with E-state index in [0.29, 0.717) is 11.6 Å². The molecule has 3 aromatic rings. The zero-order valence-corrected chi connectivity index (χ0v) is 18.0. The Morgan fingerprint density at radius 1 is 1.21 bits per heavy atom. The number of alkyl halides is 3. The van der Waals surface area contributed by atoms with Gasteiger partial charge in [-0.05, 0) is 50.2 Å². The highest BCUT2D eigenvalue weighted by Gasteiger charge is 2.35. The van der Waals surface area contributed by atoms with Crippen molar-refractivity contribution in [3.63, 3.8) is 0 Å². The number of fused-ring (bicyclic) bond motifs is 1. The third kappa shape index (κ3) is 5.02. The van der Waals surface area contributed by atoms with Crippen LogP contribution in [0.3, 0.4) is 0 Å². The number of ether oxygens (including phenoxy) is 1. The Hall–Kier alpha value is -3.91. The quantitative estimate of drug-likeness (QED) is 0.408. The Morgan fingerprint density at radius 3 is 2.53 bits per heavy atom. The van der Waals surface area contributed by atoms with Crippen LogP contribution in [0.4, 0.5) is 23.2 Å². The van der Waals surface area contributed by atoms with E-state index in [1.165, 1.54) is 22.9 Å². The van der Waals surface area contributed by atoms with Crippen molar-refractivity contribution in [3.05, 3.63) is 65.1 Å². The van der Waals surface area contributed by atoms with E-state index in [4.69, 9.17) is 10.00 Å². The standard InChI is InChI=1S/C23H19F4N3O4/c1-3-34-20(31)17-11-30(19-7-5-14(24)8-16(17)19)12-22(2,33)21(32)29-15-6-4-13(10-28)18(9-15)23(25,26)27/h4-9,11,33H,3,12H2,1-2H3,(H,29,32). The van der Waals surface area contributed by atoms with E-state index >= 15 is 0 Å². The van der Waals surface area contributed by atoms with Crippen LogP contribution in [-0.4, -0.2) is 33.8 Å². The summed E-state index contributed by atoms with van der Waals surface area (Å²) in [6, 6.07) is 7.66. The fourth-order valence-corrected chi connectivity index (χ4v) is 3.39. The molecule has 1 unspecified atom stereocenters. The number of hydrogen-bond donors (Lipinski definition) is 2. The molecule has 0 spiro atoms. The molecule has 7 nitrogen and oxygen atoms in total. The Labute approximate surface area is 191 Å². The highest BCUT2D eigenvalue weighted by Crippen LogP contribution is 2.34.